The van der Waals surface area contributed by atoms with E-state index in [2.05, 4.69) is 52.8 Å². The Morgan fingerprint density at radius 1 is 0.963 bits per heavy atom. The first-order valence-electron chi connectivity index (χ1n) is 9.69. The van der Waals surface area contributed by atoms with Gasteiger partial charge in [-0.15, -0.1) is 0 Å². The minimum absolute atomic E-state index is 0.279. The lowest BCUT2D eigenvalue weighted by Gasteiger charge is -2.31. The molecule has 27 heavy (non-hydrogen) atoms. The predicted octanol–water partition coefficient (Wildman–Crippen LogP) is 6.49. The molecule has 0 spiro atoms. The molecule has 0 saturated carbocycles. The molecule has 2 heteroatoms. The molecule has 0 amide bonds. The van der Waals surface area contributed by atoms with Gasteiger partial charge >= 0.3 is 5.97 Å². The van der Waals surface area contributed by atoms with Crippen LogP contribution < -0.4 is 0 Å². The van der Waals surface area contributed by atoms with Gasteiger partial charge in [0.2, 0.25) is 0 Å². The fraction of sp³-hybridized carbons (Fsp3) is 0.400. The molecule has 0 unspecified atom stereocenters. The quantitative estimate of drug-likeness (QED) is 0.501. The van der Waals surface area contributed by atoms with Gasteiger partial charge in [-0.05, 0) is 70.9 Å². The fourth-order valence-electron chi connectivity index (χ4n) is 4.79. The summed E-state index contributed by atoms with van der Waals surface area (Å²) in [5, 5.41) is 9.42. The number of carbonyl (C=O) groups is 1. The van der Waals surface area contributed by atoms with E-state index in [1.54, 1.807) is 12.1 Å². The maximum Gasteiger partial charge on any atom is 0.336 e. The Morgan fingerprint density at radius 3 is 2.26 bits per heavy atom. The zero-order chi connectivity index (χ0) is 19.8. The number of fused-ring (bicyclic) bond motifs is 1. The van der Waals surface area contributed by atoms with Crippen molar-refractivity contribution in [2.24, 2.45) is 10.8 Å². The van der Waals surface area contributed by atoms with Crippen LogP contribution in [0.4, 0.5) is 0 Å². The molecule has 0 bridgehead atoms. The van der Waals surface area contributed by atoms with Crippen LogP contribution in [0, 0.1) is 10.8 Å². The van der Waals surface area contributed by atoms with E-state index in [1.807, 2.05) is 18.2 Å². The predicted molar refractivity (Wildman–Crippen MR) is 113 cm³/mol. The van der Waals surface area contributed by atoms with Crippen molar-refractivity contribution < 1.29 is 9.90 Å². The third kappa shape index (κ3) is 4.50. The molecule has 142 valence electrons. The zero-order valence-electron chi connectivity index (χ0n) is 17.1. The summed E-state index contributed by atoms with van der Waals surface area (Å²) in [6.07, 6.45) is 5.39. The number of carboxylic acids is 1. The summed E-state index contributed by atoms with van der Waals surface area (Å²) in [7, 11) is 0. The molecule has 2 nitrogen and oxygen atoms in total. The molecule has 1 N–H and O–H groups in total. The van der Waals surface area contributed by atoms with Crippen LogP contribution in [-0.2, 0) is 12.8 Å². The second-order valence-corrected chi connectivity index (χ2v) is 9.56. The van der Waals surface area contributed by atoms with E-state index in [4.69, 9.17) is 0 Å². The molecule has 0 heterocycles. The van der Waals surface area contributed by atoms with Crippen molar-refractivity contribution in [2.45, 2.75) is 53.9 Å². The Kier molecular flexibility index (Phi) is 5.03. The van der Waals surface area contributed by atoms with Gasteiger partial charge in [0.1, 0.15) is 0 Å². The molecule has 2 aromatic rings. The van der Waals surface area contributed by atoms with Crippen LogP contribution in [-0.4, -0.2) is 11.1 Å². The summed E-state index contributed by atoms with van der Waals surface area (Å²) in [4.78, 5) is 11.5. The molecule has 0 radical (unpaired) electrons. The van der Waals surface area contributed by atoms with Crippen molar-refractivity contribution >= 4 is 17.6 Å². The lowest BCUT2D eigenvalue weighted by Crippen LogP contribution is -2.23. The van der Waals surface area contributed by atoms with E-state index >= 15 is 0 Å². The van der Waals surface area contributed by atoms with E-state index in [0.29, 0.717) is 11.0 Å². The second-order valence-electron chi connectivity index (χ2n) is 9.56. The zero-order valence-corrected chi connectivity index (χ0v) is 17.1. The SMILES string of the molecule is C/C(=C\c1ccccc1C(=O)O)c1ccc2c(c1)CC(C)(C)CC(C)(C)C2. The molecule has 3 rings (SSSR count). The Labute approximate surface area is 162 Å². The highest BCUT2D eigenvalue weighted by molar-refractivity contribution is 5.95. The van der Waals surface area contributed by atoms with Crippen molar-refractivity contribution in [2.75, 3.05) is 0 Å². The standard InChI is InChI=1S/C25H30O2/c1-17(12-19-8-6-7-9-22(19)23(26)27)18-10-11-20-14-24(2,3)16-25(4,5)15-21(20)13-18/h6-13H,14-16H2,1-5H3,(H,26,27)/b17-12+. The van der Waals surface area contributed by atoms with E-state index in [-0.39, 0.29) is 5.41 Å². The average molecular weight is 363 g/mol. The van der Waals surface area contributed by atoms with Crippen molar-refractivity contribution in [3.63, 3.8) is 0 Å². The molecule has 1 aliphatic carbocycles. The number of aromatic carboxylic acids is 1. The molecule has 2 aromatic carbocycles. The molecule has 0 atom stereocenters. The minimum Gasteiger partial charge on any atom is -0.478 e. The van der Waals surface area contributed by atoms with Gasteiger partial charge in [-0.25, -0.2) is 4.79 Å². The summed E-state index contributed by atoms with van der Waals surface area (Å²) in [5.41, 5.74) is 6.82. The van der Waals surface area contributed by atoms with Crippen LogP contribution in [0.25, 0.3) is 11.6 Å². The molecule has 0 aliphatic heterocycles. The molecule has 0 aromatic heterocycles. The number of rotatable bonds is 3. The Morgan fingerprint density at radius 2 is 1.59 bits per heavy atom. The number of carboxylic acid groups (broad SMARTS) is 1. The summed E-state index contributed by atoms with van der Waals surface area (Å²) in [6, 6.07) is 13.9. The molecule has 0 saturated heterocycles. The van der Waals surface area contributed by atoms with E-state index in [9.17, 15) is 9.90 Å². The first-order chi connectivity index (χ1) is 12.6. The van der Waals surface area contributed by atoms with Crippen LogP contribution in [0.2, 0.25) is 0 Å². The van der Waals surface area contributed by atoms with Crippen LogP contribution in [0.1, 0.15) is 73.7 Å². The van der Waals surface area contributed by atoms with Gasteiger partial charge in [-0.3, -0.25) is 0 Å². The first kappa shape index (κ1) is 19.4. The lowest BCUT2D eigenvalue weighted by atomic mass is 9.73. The molecular formula is C25H30O2. The first-order valence-corrected chi connectivity index (χ1v) is 9.69. The third-order valence-electron chi connectivity index (χ3n) is 5.52. The van der Waals surface area contributed by atoms with Gasteiger partial charge < -0.3 is 5.11 Å². The van der Waals surface area contributed by atoms with Crippen LogP contribution >= 0.6 is 0 Å². The van der Waals surface area contributed by atoms with E-state index in [0.717, 1.165) is 24.0 Å². The van der Waals surface area contributed by atoms with Crippen molar-refractivity contribution in [3.8, 4) is 0 Å². The van der Waals surface area contributed by atoms with Gasteiger partial charge in [0, 0.05) is 0 Å². The average Bonchev–Trinajstić information content (AvgIpc) is 2.64. The van der Waals surface area contributed by atoms with Gasteiger partial charge in [-0.1, -0.05) is 70.2 Å². The monoisotopic (exact) mass is 362 g/mol. The maximum absolute atomic E-state index is 11.5. The summed E-state index contributed by atoms with van der Waals surface area (Å²) in [5.74, 6) is -0.888. The molecular weight excluding hydrogens is 332 g/mol. The number of hydrogen-bond acceptors (Lipinski definition) is 1. The summed E-state index contributed by atoms with van der Waals surface area (Å²) < 4.78 is 0. The van der Waals surface area contributed by atoms with Crippen LogP contribution in [0.15, 0.2) is 42.5 Å². The van der Waals surface area contributed by atoms with Crippen molar-refractivity contribution in [1.29, 1.82) is 0 Å². The Balaban J connectivity index is 2.00. The van der Waals surface area contributed by atoms with Gasteiger partial charge in [-0.2, -0.15) is 0 Å². The van der Waals surface area contributed by atoms with Gasteiger partial charge in [0.15, 0.2) is 0 Å². The van der Waals surface area contributed by atoms with E-state index in [1.165, 1.54) is 23.1 Å². The van der Waals surface area contributed by atoms with Crippen LogP contribution in [0.3, 0.4) is 0 Å². The van der Waals surface area contributed by atoms with E-state index < -0.39 is 5.97 Å². The summed E-state index contributed by atoms with van der Waals surface area (Å²) in [6.45, 7) is 11.5. The van der Waals surface area contributed by atoms with Crippen LogP contribution in [0.5, 0.6) is 0 Å². The fourth-order valence-corrected chi connectivity index (χ4v) is 4.79. The lowest BCUT2D eigenvalue weighted by molar-refractivity contribution is 0.0696. The number of hydrogen-bond donors (Lipinski definition) is 1. The Hall–Kier alpha value is -2.35. The molecule has 1 aliphatic rings. The number of allylic oxidation sites excluding steroid dienone is 1. The highest BCUT2D eigenvalue weighted by Gasteiger charge is 2.33. The largest absolute Gasteiger partial charge is 0.478 e. The van der Waals surface area contributed by atoms with Gasteiger partial charge in [0.05, 0.1) is 5.56 Å². The van der Waals surface area contributed by atoms with Gasteiger partial charge in [0.25, 0.3) is 0 Å². The highest BCUT2D eigenvalue weighted by Crippen LogP contribution is 2.43. The molecule has 0 fully saturated rings. The third-order valence-corrected chi connectivity index (χ3v) is 5.52. The normalized spacial score (nSPS) is 18.5. The summed E-state index contributed by atoms with van der Waals surface area (Å²) >= 11 is 0. The topological polar surface area (TPSA) is 37.3 Å². The smallest absolute Gasteiger partial charge is 0.336 e. The van der Waals surface area contributed by atoms with Crippen molar-refractivity contribution in [1.82, 2.24) is 0 Å². The maximum atomic E-state index is 11.5. The highest BCUT2D eigenvalue weighted by atomic mass is 16.4. The van der Waals surface area contributed by atoms with Crippen molar-refractivity contribution in [3.05, 3.63) is 70.3 Å². The number of benzene rings is 2. The minimum atomic E-state index is -0.888. The Bertz CT molecular complexity index is 900. The second kappa shape index (κ2) is 6.99.